The van der Waals surface area contributed by atoms with Gasteiger partial charge in [0, 0.05) is 6.54 Å². The first-order chi connectivity index (χ1) is 12.6. The maximum absolute atomic E-state index is 12.1. The van der Waals surface area contributed by atoms with Crippen LogP contribution in [0.2, 0.25) is 0 Å². The summed E-state index contributed by atoms with van der Waals surface area (Å²) >= 11 is 0. The molecular weight excluding hydrogens is 334 g/mol. The van der Waals surface area contributed by atoms with Gasteiger partial charge in [-0.3, -0.25) is 4.79 Å². The third kappa shape index (κ3) is 3.92. The molecule has 0 fully saturated rings. The molecule has 0 aliphatic heterocycles. The molecule has 0 spiro atoms. The van der Waals surface area contributed by atoms with Crippen molar-refractivity contribution < 1.29 is 14.3 Å². The van der Waals surface area contributed by atoms with Gasteiger partial charge in [-0.1, -0.05) is 18.2 Å². The Morgan fingerprint density at radius 1 is 1.19 bits per heavy atom. The summed E-state index contributed by atoms with van der Waals surface area (Å²) in [6, 6.07) is 12.5. The van der Waals surface area contributed by atoms with Crippen LogP contribution in [0, 0.1) is 0 Å². The summed E-state index contributed by atoms with van der Waals surface area (Å²) in [5.41, 5.74) is 7.91. The van der Waals surface area contributed by atoms with Crippen LogP contribution in [0.3, 0.4) is 0 Å². The predicted octanol–water partition coefficient (Wildman–Crippen LogP) is 2.03. The second-order valence-corrected chi connectivity index (χ2v) is 5.63. The number of amides is 3. The molecule has 2 aromatic carbocycles. The Hall–Kier alpha value is -3.55. The molecule has 3 amide bonds. The number of para-hydroxylation sites is 1. The third-order valence-corrected chi connectivity index (χ3v) is 3.85. The van der Waals surface area contributed by atoms with Crippen LogP contribution >= 0.6 is 0 Å². The van der Waals surface area contributed by atoms with Crippen molar-refractivity contribution in [1.82, 2.24) is 15.3 Å². The quantitative estimate of drug-likeness (QED) is 0.541. The number of aromatic amines is 1. The van der Waals surface area contributed by atoms with E-state index in [1.807, 2.05) is 24.3 Å². The molecule has 0 saturated heterocycles. The molecule has 134 valence electrons. The molecule has 0 aliphatic rings. The van der Waals surface area contributed by atoms with Gasteiger partial charge in [0.2, 0.25) is 0 Å². The summed E-state index contributed by atoms with van der Waals surface area (Å²) in [4.78, 5) is 30.3. The Balaban J connectivity index is 1.59. The lowest BCUT2D eigenvalue weighted by Gasteiger charge is -2.08. The van der Waals surface area contributed by atoms with E-state index < -0.39 is 5.91 Å². The number of hydrogen-bond acceptors (Lipinski definition) is 4. The van der Waals surface area contributed by atoms with Gasteiger partial charge in [0.1, 0.15) is 11.3 Å². The van der Waals surface area contributed by atoms with E-state index in [9.17, 15) is 9.59 Å². The van der Waals surface area contributed by atoms with Crippen molar-refractivity contribution in [2.45, 2.75) is 6.42 Å². The van der Waals surface area contributed by atoms with Gasteiger partial charge in [-0.15, -0.1) is 0 Å². The van der Waals surface area contributed by atoms with Gasteiger partial charge in [0.25, 0.3) is 5.91 Å². The minimum Gasteiger partial charge on any atom is -0.497 e. The first kappa shape index (κ1) is 17.3. The number of carbonyl (C=O) groups is 2. The van der Waals surface area contributed by atoms with Crippen molar-refractivity contribution in [3.05, 3.63) is 53.9 Å². The van der Waals surface area contributed by atoms with Crippen LogP contribution in [-0.2, 0) is 6.42 Å². The molecular formula is C18H19N5O3. The molecule has 5 N–H and O–H groups in total. The first-order valence-corrected chi connectivity index (χ1v) is 8.03. The highest BCUT2D eigenvalue weighted by molar-refractivity contribution is 6.01. The number of methoxy groups -OCH3 is 1. The maximum Gasteiger partial charge on any atom is 0.319 e. The second-order valence-electron chi connectivity index (χ2n) is 5.63. The zero-order valence-corrected chi connectivity index (χ0v) is 14.2. The summed E-state index contributed by atoms with van der Waals surface area (Å²) < 4.78 is 5.11. The Morgan fingerprint density at radius 2 is 1.96 bits per heavy atom. The van der Waals surface area contributed by atoms with Gasteiger partial charge >= 0.3 is 6.03 Å². The monoisotopic (exact) mass is 353 g/mol. The first-order valence-electron chi connectivity index (χ1n) is 8.03. The molecule has 26 heavy (non-hydrogen) atoms. The molecule has 3 aromatic rings. The molecule has 0 aliphatic carbocycles. The van der Waals surface area contributed by atoms with Crippen molar-refractivity contribution in [3.8, 4) is 5.75 Å². The van der Waals surface area contributed by atoms with Crippen molar-refractivity contribution in [2.24, 2.45) is 5.73 Å². The van der Waals surface area contributed by atoms with E-state index in [-0.39, 0.29) is 11.9 Å². The number of primary amides is 1. The second kappa shape index (κ2) is 7.56. The van der Waals surface area contributed by atoms with Crippen LogP contribution in [0.5, 0.6) is 5.75 Å². The Kier molecular flexibility index (Phi) is 5.02. The van der Waals surface area contributed by atoms with Crippen LogP contribution in [0.15, 0.2) is 42.5 Å². The Labute approximate surface area is 149 Å². The fourth-order valence-electron chi connectivity index (χ4n) is 2.53. The van der Waals surface area contributed by atoms with Gasteiger partial charge in [0.05, 0.1) is 18.3 Å². The van der Waals surface area contributed by atoms with Crippen LogP contribution in [-0.4, -0.2) is 35.6 Å². The highest BCUT2D eigenvalue weighted by atomic mass is 16.5. The lowest BCUT2D eigenvalue weighted by molar-refractivity contribution is 0.0991. The largest absolute Gasteiger partial charge is 0.497 e. The molecule has 0 saturated carbocycles. The topological polar surface area (TPSA) is 122 Å². The third-order valence-electron chi connectivity index (χ3n) is 3.85. The highest BCUT2D eigenvalue weighted by Gasteiger charge is 2.12. The fourth-order valence-corrected chi connectivity index (χ4v) is 2.53. The van der Waals surface area contributed by atoms with Crippen molar-refractivity contribution in [1.29, 1.82) is 0 Å². The zero-order chi connectivity index (χ0) is 18.5. The number of urea groups is 1. The van der Waals surface area contributed by atoms with Crippen molar-refractivity contribution in [2.75, 3.05) is 19.0 Å². The number of ether oxygens (including phenoxy) is 1. The molecule has 1 heterocycles. The van der Waals surface area contributed by atoms with E-state index in [4.69, 9.17) is 10.5 Å². The standard InChI is InChI=1S/C18H19N5O3/c1-26-12-7-5-11(6-8-12)9-10-20-18(25)22-14-4-2-3-13-15(14)23-17(21-13)16(19)24/h2-8H,9-10H2,1H3,(H2,19,24)(H,21,23)(H2,20,22,25). The fraction of sp³-hybridized carbons (Fsp3) is 0.167. The number of nitrogens with zero attached hydrogens (tertiary/aromatic N) is 1. The van der Waals surface area contributed by atoms with Crippen molar-refractivity contribution in [3.63, 3.8) is 0 Å². The molecule has 0 unspecified atom stereocenters. The molecule has 8 heteroatoms. The molecule has 0 bridgehead atoms. The molecule has 0 atom stereocenters. The molecule has 3 rings (SSSR count). The van der Waals surface area contributed by atoms with Gasteiger partial charge in [-0.05, 0) is 36.2 Å². The Bertz CT molecular complexity index is 934. The average molecular weight is 353 g/mol. The summed E-state index contributed by atoms with van der Waals surface area (Å²) in [6.07, 6.45) is 0.690. The number of imidazole rings is 1. The number of hydrogen-bond donors (Lipinski definition) is 4. The van der Waals surface area contributed by atoms with E-state index >= 15 is 0 Å². The van der Waals surface area contributed by atoms with Gasteiger partial charge in [-0.2, -0.15) is 0 Å². The lowest BCUT2D eigenvalue weighted by atomic mass is 10.1. The number of rotatable bonds is 6. The minimum atomic E-state index is -0.656. The van der Waals surface area contributed by atoms with E-state index in [0.717, 1.165) is 11.3 Å². The van der Waals surface area contributed by atoms with Crippen LogP contribution < -0.4 is 21.1 Å². The van der Waals surface area contributed by atoms with E-state index in [1.54, 1.807) is 25.3 Å². The molecule has 0 radical (unpaired) electrons. The average Bonchev–Trinajstić information content (AvgIpc) is 3.08. The minimum absolute atomic E-state index is 0.0502. The highest BCUT2D eigenvalue weighted by Crippen LogP contribution is 2.21. The normalized spacial score (nSPS) is 10.5. The van der Waals surface area contributed by atoms with Gasteiger partial charge < -0.3 is 26.1 Å². The smallest absolute Gasteiger partial charge is 0.319 e. The van der Waals surface area contributed by atoms with Gasteiger partial charge in [-0.25, -0.2) is 9.78 Å². The number of carbonyl (C=O) groups excluding carboxylic acids is 2. The summed E-state index contributed by atoms with van der Waals surface area (Å²) in [5, 5.41) is 5.53. The van der Waals surface area contributed by atoms with Gasteiger partial charge in [0.15, 0.2) is 5.82 Å². The number of benzene rings is 2. The predicted molar refractivity (Wildman–Crippen MR) is 98.3 cm³/mol. The Morgan fingerprint density at radius 3 is 2.65 bits per heavy atom. The summed E-state index contributed by atoms with van der Waals surface area (Å²) in [5.74, 6) is 0.187. The number of nitrogens with two attached hydrogens (primary N) is 1. The van der Waals surface area contributed by atoms with Crippen molar-refractivity contribution >= 4 is 28.7 Å². The van der Waals surface area contributed by atoms with Crippen LogP contribution in [0.1, 0.15) is 16.2 Å². The number of fused-ring (bicyclic) bond motifs is 1. The molecule has 1 aromatic heterocycles. The summed E-state index contributed by atoms with van der Waals surface area (Å²) in [7, 11) is 1.62. The van der Waals surface area contributed by atoms with Crippen LogP contribution in [0.25, 0.3) is 11.0 Å². The lowest BCUT2D eigenvalue weighted by Crippen LogP contribution is -2.30. The van der Waals surface area contributed by atoms with E-state index in [1.165, 1.54) is 0 Å². The number of aromatic nitrogens is 2. The van der Waals surface area contributed by atoms with E-state index in [2.05, 4.69) is 20.6 Å². The number of H-pyrrole nitrogens is 1. The van der Waals surface area contributed by atoms with E-state index in [0.29, 0.717) is 29.7 Å². The number of nitrogens with one attached hydrogen (secondary N) is 3. The number of anilines is 1. The zero-order valence-electron chi connectivity index (χ0n) is 14.2. The van der Waals surface area contributed by atoms with Crippen LogP contribution in [0.4, 0.5) is 10.5 Å². The SMILES string of the molecule is COc1ccc(CCNC(=O)Nc2cccc3[nH]c(C(N)=O)nc23)cc1. The molecule has 8 nitrogen and oxygen atoms in total. The maximum atomic E-state index is 12.1. The summed E-state index contributed by atoms with van der Waals surface area (Å²) in [6.45, 7) is 0.473.